The fourth-order valence-electron chi connectivity index (χ4n) is 12.1. The second kappa shape index (κ2) is 35.5. The van der Waals surface area contributed by atoms with E-state index in [1.807, 2.05) is 91.0 Å². The fraction of sp³-hybridized carbons (Fsp3) is 0.432. The maximum absolute atomic E-state index is 15.8. The van der Waals surface area contributed by atoms with Crippen LogP contribution < -0.4 is 37.2 Å². The van der Waals surface area contributed by atoms with Crippen LogP contribution in [0, 0.1) is 57.5 Å². The van der Waals surface area contributed by atoms with Crippen LogP contribution in [0.2, 0.25) is 0 Å². The van der Waals surface area contributed by atoms with E-state index in [-0.39, 0.29) is 89.4 Å². The van der Waals surface area contributed by atoms with Crippen LogP contribution in [-0.2, 0) is 59.8 Å². The largest absolute Gasteiger partial charge is 0.444 e. The minimum Gasteiger partial charge on any atom is -0.444 e. The molecular weight excluding hydrogens is 1320 g/mol. The summed E-state index contributed by atoms with van der Waals surface area (Å²) >= 11 is 1.78. The maximum Gasteiger partial charge on any atom is 0.419 e. The number of thiophene rings is 1. The number of aryl methyl sites for hydroxylation is 2. The molecule has 2 aliphatic heterocycles. The van der Waals surface area contributed by atoms with Gasteiger partial charge in [-0.15, -0.1) is 16.4 Å². The van der Waals surface area contributed by atoms with Crippen LogP contribution in [0.1, 0.15) is 146 Å². The predicted octanol–water partition coefficient (Wildman–Crippen LogP) is 8.42. The smallest absolute Gasteiger partial charge is 0.419 e. The number of hydrogen-bond acceptors (Lipinski definition) is 15. The van der Waals surface area contributed by atoms with Gasteiger partial charge in [-0.3, -0.25) is 42.9 Å². The quantitative estimate of drug-likeness (QED) is 0.0533. The summed E-state index contributed by atoms with van der Waals surface area (Å²) < 4.78 is 14.1. The average molecular weight is 1410 g/mol. The van der Waals surface area contributed by atoms with Crippen LogP contribution >= 0.6 is 11.3 Å². The van der Waals surface area contributed by atoms with E-state index in [2.05, 4.69) is 72.0 Å². The van der Waals surface area contributed by atoms with Crippen LogP contribution in [0.15, 0.2) is 145 Å². The van der Waals surface area contributed by atoms with E-state index in [4.69, 9.17) is 9.47 Å². The minimum atomic E-state index is -1.82. The summed E-state index contributed by atoms with van der Waals surface area (Å²) in [6.07, 6.45) is 0.683. The third-order valence-corrected chi connectivity index (χ3v) is 18.0. The topological polar surface area (TPSA) is 312 Å². The molecule has 5 heterocycles. The first kappa shape index (κ1) is 78.6. The van der Waals surface area contributed by atoms with E-state index in [1.165, 1.54) is 32.1 Å². The first-order valence-electron chi connectivity index (χ1n) is 33.5. The predicted molar refractivity (Wildman–Crippen MR) is 375 cm³/mol. The number of nitrogens with zero attached hydrogens (tertiary/aromatic N) is 5. The van der Waals surface area contributed by atoms with Crippen LogP contribution in [0.4, 0.5) is 9.59 Å². The van der Waals surface area contributed by atoms with Crippen molar-refractivity contribution in [2.45, 2.75) is 187 Å². The van der Waals surface area contributed by atoms with Gasteiger partial charge in [0.05, 0.1) is 36.1 Å². The van der Waals surface area contributed by atoms with Gasteiger partial charge in [0.25, 0.3) is 0 Å². The van der Waals surface area contributed by atoms with Crippen LogP contribution in [0.5, 0.6) is 0 Å². The molecular formula is C74H92ArN12O12S. The van der Waals surface area contributed by atoms with Gasteiger partial charge in [0, 0.05) is 86.3 Å². The Labute approximate surface area is 617 Å². The standard InChI is InChI=1S/C69H86N12O12.C5H6S.Ar/c1-11-42(2)59-64(89)79-41-49(81-39-43(3)77-78-81)36-56(79)63(88)73-52(35-45-40-80(66(91)93-68(8,9)10)55-33-22-21-31-50(45)55)60(85)71-51(44(4)82)32-23-24-34-70-57(83)37-54(74-65(90)92-67(5,6)7)61(86)72-53(62(87)75-59)38-58(84)76-69(46-25-15-12-16-26-46,47-27-17-13-18-28-47)48-29-19-14-20-30-48;1-5-3-2-4-6-5;/h12-22,25-31,33,39-40,42,49,51-54,56,59H,11,23-24,32,34-38,41H2,1-10H3,(H,70,83)(H,71,85)(H,72,86)(H,73,88)(H,74,90)(H,75,87)(H,76,84);2-4H,1H3;/t42-,49-,51-,52-,53-,54-,56-,59-;;/m0../s1. The summed E-state index contributed by atoms with van der Waals surface area (Å²) in [5.41, 5.74) is 0.107. The second-order valence-electron chi connectivity index (χ2n) is 27.2. The van der Waals surface area contributed by atoms with Crippen molar-refractivity contribution in [3.63, 3.8) is 0 Å². The van der Waals surface area contributed by atoms with Gasteiger partial charge < -0.3 is 51.6 Å². The molecule has 9 rings (SSSR count). The van der Waals surface area contributed by atoms with Gasteiger partial charge in [-0.05, 0) is 127 Å². The number of aromatic nitrogens is 4. The number of carbonyl (C=O) groups excluding carboxylic acids is 10. The Morgan fingerprint density at radius 1 is 0.700 bits per heavy atom. The Kier molecular flexibility index (Phi) is 27.9. The SMILES string of the molecule is CC[C@H](C)[C@@H]1NC(=O)[C@H](CC(=O)NC(c2ccccc2)(c2ccccc2)c2ccccc2)NC(=O)[C@@H](NC(=O)OC(C)(C)C)CC(=O)NCCCC[C@@H](C(C)=O)NC(=O)[C@H](Cc2cn(C(=O)OC(C)(C)C)c3ccccc23)NC(=O)[C@@H]2C[C@H](n3cc(C)nn3)CN2C1=O.Cc1cccs1.[Ar]. The van der Waals surface area contributed by atoms with E-state index in [0.717, 1.165) is 0 Å². The van der Waals surface area contributed by atoms with Gasteiger partial charge in [-0.25, -0.2) is 14.3 Å². The fourth-order valence-corrected chi connectivity index (χ4v) is 12.6. The third kappa shape index (κ3) is 21.1. The molecule has 0 aliphatic carbocycles. The molecule has 0 spiro atoms. The molecule has 7 N–H and O–H groups in total. The molecule has 2 aliphatic rings. The number of carbonyl (C=O) groups is 10. The Hall–Kier alpha value is -8.78. The van der Waals surface area contributed by atoms with Gasteiger partial charge in [0.1, 0.15) is 47.0 Å². The minimum absolute atomic E-state index is 0. The number of amides is 8. The van der Waals surface area contributed by atoms with Crippen molar-refractivity contribution in [3.8, 4) is 0 Å². The van der Waals surface area contributed by atoms with Gasteiger partial charge in [0.15, 0.2) is 5.78 Å². The Balaban J connectivity index is 0.00000190. The summed E-state index contributed by atoms with van der Waals surface area (Å²) in [5, 5.41) is 30.9. The molecule has 0 radical (unpaired) electrons. The molecule has 8 atom stereocenters. The molecule has 0 bridgehead atoms. The molecule has 2 saturated heterocycles. The Bertz CT molecular complexity index is 3870. The van der Waals surface area contributed by atoms with Crippen molar-refractivity contribution in [1.82, 2.24) is 61.7 Å². The van der Waals surface area contributed by atoms with Gasteiger partial charge >= 0.3 is 12.2 Å². The van der Waals surface area contributed by atoms with Crippen molar-refractivity contribution in [2.24, 2.45) is 5.92 Å². The van der Waals surface area contributed by atoms with Crippen LogP contribution in [0.3, 0.4) is 0 Å². The zero-order chi connectivity index (χ0) is 71.8. The van der Waals surface area contributed by atoms with Crippen molar-refractivity contribution in [1.29, 1.82) is 0 Å². The van der Waals surface area contributed by atoms with Gasteiger partial charge in [-0.2, -0.15) is 0 Å². The van der Waals surface area contributed by atoms with Crippen molar-refractivity contribution < 1.29 is 95.2 Å². The summed E-state index contributed by atoms with van der Waals surface area (Å²) in [7, 11) is 0. The number of fused-ring (bicyclic) bond motifs is 2. The Morgan fingerprint density at radius 3 is 1.83 bits per heavy atom. The number of alkyl carbamates (subject to hydrolysis) is 1. The molecule has 26 heteroatoms. The normalized spacial score (nSPS) is 20.4. The monoisotopic (exact) mass is 1410 g/mol. The van der Waals surface area contributed by atoms with E-state index in [9.17, 15) is 28.8 Å². The van der Waals surface area contributed by atoms with Crippen molar-refractivity contribution in [2.75, 3.05) is 13.1 Å². The van der Waals surface area contributed by atoms with Crippen LogP contribution in [-0.4, -0.2) is 144 Å². The number of rotatable bonds is 13. The maximum atomic E-state index is 15.8. The number of Topliss-reactive ketones (excluding diaryl/α,β-unsaturated/α-hetero) is 1. The molecule has 3 aromatic heterocycles. The molecule has 0 unspecified atom stereocenters. The van der Waals surface area contributed by atoms with Crippen molar-refractivity contribution in [3.05, 3.63) is 178 Å². The van der Waals surface area contributed by atoms with E-state index >= 15 is 19.2 Å². The zero-order valence-corrected chi connectivity index (χ0v) is 60.0. The van der Waals surface area contributed by atoms with Gasteiger partial charge in [-0.1, -0.05) is 141 Å². The molecule has 2 fully saturated rings. The molecule has 8 amide bonds. The Morgan fingerprint density at radius 2 is 1.29 bits per heavy atom. The van der Waals surface area contributed by atoms with Gasteiger partial charge in [0.2, 0.25) is 41.4 Å². The number of ether oxygens (including phenoxy) is 2. The molecule has 100 heavy (non-hydrogen) atoms. The second-order valence-corrected chi connectivity index (χ2v) is 28.4. The molecule has 4 aromatic carbocycles. The summed E-state index contributed by atoms with van der Waals surface area (Å²) in [6.45, 7) is 18.5. The molecule has 7 aromatic rings. The van der Waals surface area contributed by atoms with Crippen LogP contribution in [0.25, 0.3) is 10.9 Å². The number of ketones is 1. The third-order valence-electron chi connectivity index (χ3n) is 17.2. The molecule has 0 saturated carbocycles. The van der Waals surface area contributed by atoms with E-state index < -0.39 is 137 Å². The first-order valence-corrected chi connectivity index (χ1v) is 34.4. The molecule has 24 nitrogen and oxygen atoms in total. The molecule has 534 valence electrons. The number of benzene rings is 4. The number of hydrogen-bond donors (Lipinski definition) is 7. The summed E-state index contributed by atoms with van der Waals surface area (Å²) in [5.74, 6) is -6.86. The number of para-hydroxylation sites is 1. The average Bonchev–Trinajstić information content (AvgIpc) is 1.74. The zero-order valence-electron chi connectivity index (χ0n) is 58.4. The van der Waals surface area contributed by atoms with E-state index in [1.54, 1.807) is 104 Å². The number of nitrogens with one attached hydrogen (secondary N) is 7. The summed E-state index contributed by atoms with van der Waals surface area (Å²) in [4.78, 5) is 149. The first-order chi connectivity index (χ1) is 47.0. The summed E-state index contributed by atoms with van der Waals surface area (Å²) in [6, 6.07) is 29.2. The van der Waals surface area contributed by atoms with E-state index in [0.29, 0.717) is 38.9 Å². The van der Waals surface area contributed by atoms with Crippen molar-refractivity contribution >= 4 is 81.6 Å².